The number of carbonyl (C=O) groups excluding carboxylic acids is 1. The lowest BCUT2D eigenvalue weighted by molar-refractivity contribution is -0.149. The molecule has 1 aliphatic rings. The highest BCUT2D eigenvalue weighted by atomic mass is 35.5. The predicted octanol–water partition coefficient (Wildman–Crippen LogP) is 3.02. The SMILES string of the molecule is CNc1nc(N)nc2c1ncn2[C@@H]1O[C@H](CO[P@@](=O)(N[C@@H](C)C(=O)OC(C)C)Oc2ccccc2)[C@@H](O)C1(Cl)Cl. The van der Waals surface area contributed by atoms with Crippen LogP contribution in [-0.2, 0) is 23.4 Å². The molecule has 4 rings (SSSR count). The lowest BCUT2D eigenvalue weighted by Crippen LogP contribution is -2.39. The summed E-state index contributed by atoms with van der Waals surface area (Å²) in [5.74, 6) is -0.131. The largest absolute Gasteiger partial charge is 0.462 e. The van der Waals surface area contributed by atoms with Crippen molar-refractivity contribution in [3.8, 4) is 5.75 Å². The minimum atomic E-state index is -4.24. The number of nitrogen functional groups attached to an aromatic ring is 1. The van der Waals surface area contributed by atoms with Gasteiger partial charge in [-0.05, 0) is 32.9 Å². The smallest absolute Gasteiger partial charge is 0.459 e. The first kappa shape index (κ1) is 30.3. The summed E-state index contributed by atoms with van der Waals surface area (Å²) in [6.07, 6.45) is -2.93. The van der Waals surface area contributed by atoms with Crippen LogP contribution in [0.25, 0.3) is 11.2 Å². The van der Waals surface area contributed by atoms with E-state index in [1.54, 1.807) is 51.2 Å². The van der Waals surface area contributed by atoms with Crippen LogP contribution in [0, 0.1) is 0 Å². The number of nitrogens with two attached hydrogens (primary N) is 1. The van der Waals surface area contributed by atoms with Gasteiger partial charge in [-0.1, -0.05) is 41.4 Å². The number of esters is 1. The Morgan fingerprint density at radius 2 is 1.98 bits per heavy atom. The minimum absolute atomic E-state index is 0.0399. The van der Waals surface area contributed by atoms with Crippen molar-refractivity contribution in [1.82, 2.24) is 24.6 Å². The summed E-state index contributed by atoms with van der Waals surface area (Å²) >= 11 is 13.1. The van der Waals surface area contributed by atoms with Crippen molar-refractivity contribution in [3.05, 3.63) is 36.7 Å². The molecule has 1 aromatic carbocycles. The van der Waals surface area contributed by atoms with E-state index >= 15 is 0 Å². The number of nitrogens with one attached hydrogen (secondary N) is 2. The van der Waals surface area contributed by atoms with Crippen LogP contribution in [0.3, 0.4) is 0 Å². The van der Waals surface area contributed by atoms with E-state index in [0.29, 0.717) is 11.3 Å². The molecule has 5 N–H and O–H groups in total. The maximum atomic E-state index is 13.8. The summed E-state index contributed by atoms with van der Waals surface area (Å²) in [5, 5.41) is 16.4. The van der Waals surface area contributed by atoms with Crippen LogP contribution in [0.4, 0.5) is 11.8 Å². The Hall–Kier alpha value is -2.71. The first-order valence-corrected chi connectivity index (χ1v) is 14.5. The Bertz CT molecular complexity index is 1390. The number of benzene rings is 1. The number of nitrogens with zero attached hydrogens (tertiary/aromatic N) is 4. The van der Waals surface area contributed by atoms with E-state index in [1.165, 1.54) is 17.8 Å². The van der Waals surface area contributed by atoms with E-state index in [-0.39, 0.29) is 17.3 Å². The van der Waals surface area contributed by atoms with Crippen molar-refractivity contribution in [2.75, 3.05) is 24.7 Å². The highest BCUT2D eigenvalue weighted by Gasteiger charge is 2.56. The number of alkyl halides is 2. The molecule has 17 heteroatoms. The van der Waals surface area contributed by atoms with E-state index in [9.17, 15) is 14.5 Å². The fourth-order valence-corrected chi connectivity index (χ4v) is 5.99. The van der Waals surface area contributed by atoms with Gasteiger partial charge in [-0.3, -0.25) is 13.9 Å². The van der Waals surface area contributed by atoms with Crippen molar-refractivity contribution in [2.24, 2.45) is 0 Å². The van der Waals surface area contributed by atoms with Gasteiger partial charge in [0.2, 0.25) is 5.95 Å². The van der Waals surface area contributed by atoms with Gasteiger partial charge in [0, 0.05) is 7.05 Å². The first-order chi connectivity index (χ1) is 18.8. The summed E-state index contributed by atoms with van der Waals surface area (Å²) in [6.45, 7) is 4.33. The number of carbonyl (C=O) groups is 1. The number of ether oxygens (including phenoxy) is 2. The van der Waals surface area contributed by atoms with Gasteiger partial charge >= 0.3 is 13.7 Å². The standard InChI is InChI=1S/C23H30Cl2N7O7P/c1-12(2)37-20(34)13(3)31-40(35,39-14-8-6-5-7-9-14)36-10-15-17(33)23(24,25)21(38-15)32-11-28-16-18(27-4)29-22(26)30-19(16)32/h5-9,11-13,15,17,21,33H,10H2,1-4H3,(H,31,35)(H3,26,27,29,30)/t13-,15+,17+,21+,40-/m0/s1. The quantitative estimate of drug-likeness (QED) is 0.140. The minimum Gasteiger partial charge on any atom is -0.462 e. The second-order valence-corrected chi connectivity index (χ2v) is 12.3. The molecule has 3 heterocycles. The Morgan fingerprint density at radius 1 is 1.27 bits per heavy atom. The third-order valence-electron chi connectivity index (χ3n) is 5.74. The van der Waals surface area contributed by atoms with Crippen LogP contribution in [0.5, 0.6) is 5.75 Å². The molecule has 0 saturated carbocycles. The molecule has 0 amide bonds. The third-order valence-corrected chi connectivity index (χ3v) is 8.21. The molecule has 0 unspecified atom stereocenters. The first-order valence-electron chi connectivity index (χ1n) is 12.2. The summed E-state index contributed by atoms with van der Waals surface area (Å²) in [4.78, 5) is 25.0. The summed E-state index contributed by atoms with van der Waals surface area (Å²) < 4.78 is 35.7. The zero-order chi connectivity index (χ0) is 29.2. The van der Waals surface area contributed by atoms with E-state index in [1.807, 2.05) is 0 Å². The van der Waals surface area contributed by atoms with Gasteiger partial charge < -0.3 is 30.2 Å². The van der Waals surface area contributed by atoms with Gasteiger partial charge in [0.25, 0.3) is 0 Å². The van der Waals surface area contributed by atoms with Crippen LogP contribution in [0.1, 0.15) is 27.0 Å². The van der Waals surface area contributed by atoms with Crippen molar-refractivity contribution in [3.63, 3.8) is 0 Å². The average Bonchev–Trinajstić information content (AvgIpc) is 3.40. The molecule has 5 atom stereocenters. The number of hydrogen-bond donors (Lipinski definition) is 4. The number of rotatable bonds is 11. The van der Waals surface area contributed by atoms with Gasteiger partial charge in [0.05, 0.1) is 19.0 Å². The van der Waals surface area contributed by atoms with Gasteiger partial charge in [-0.2, -0.15) is 15.1 Å². The number of aliphatic hydroxyl groups is 1. The maximum absolute atomic E-state index is 13.8. The Kier molecular flexibility index (Phi) is 9.10. The van der Waals surface area contributed by atoms with Crippen molar-refractivity contribution >= 4 is 59.8 Å². The number of aromatic nitrogens is 4. The third kappa shape index (κ3) is 6.44. The molecule has 3 aromatic rings. The monoisotopic (exact) mass is 617 g/mol. The van der Waals surface area contributed by atoms with Crippen molar-refractivity contribution < 1.29 is 33.0 Å². The second kappa shape index (κ2) is 12.0. The van der Waals surface area contributed by atoms with E-state index in [4.69, 9.17) is 47.5 Å². The number of fused-ring (bicyclic) bond motifs is 1. The number of imidazole rings is 1. The summed E-state index contributed by atoms with van der Waals surface area (Å²) in [6, 6.07) is 7.14. The topological polar surface area (TPSA) is 185 Å². The number of para-hydroxylation sites is 1. The van der Waals surface area contributed by atoms with E-state index < -0.39 is 55.2 Å². The fraction of sp³-hybridized carbons (Fsp3) is 0.478. The predicted molar refractivity (Wildman–Crippen MR) is 148 cm³/mol. The van der Waals surface area contributed by atoms with Crippen LogP contribution in [0.15, 0.2) is 36.7 Å². The molecule has 14 nitrogen and oxygen atoms in total. The molecule has 218 valence electrons. The van der Waals surface area contributed by atoms with Crippen LogP contribution < -0.4 is 20.7 Å². The highest BCUT2D eigenvalue weighted by molar-refractivity contribution is 7.52. The normalized spacial score (nSPS) is 22.6. The molecule has 0 bridgehead atoms. The van der Waals surface area contributed by atoms with Crippen molar-refractivity contribution in [2.45, 2.75) is 55.7 Å². The van der Waals surface area contributed by atoms with Crippen molar-refractivity contribution in [1.29, 1.82) is 0 Å². The van der Waals surface area contributed by atoms with Crippen LogP contribution in [-0.4, -0.2) is 72.9 Å². The van der Waals surface area contributed by atoms with E-state index in [0.717, 1.165) is 0 Å². The maximum Gasteiger partial charge on any atom is 0.459 e. The molecule has 1 aliphatic heterocycles. The van der Waals surface area contributed by atoms with Crippen LogP contribution >= 0.6 is 30.9 Å². The summed E-state index contributed by atoms with van der Waals surface area (Å²) in [5.41, 5.74) is 6.45. The zero-order valence-electron chi connectivity index (χ0n) is 22.0. The molecule has 40 heavy (non-hydrogen) atoms. The van der Waals surface area contributed by atoms with Crippen LogP contribution in [0.2, 0.25) is 0 Å². The molecule has 0 aliphatic carbocycles. The number of hydrogen-bond acceptors (Lipinski definition) is 12. The second-order valence-electron chi connectivity index (χ2n) is 9.18. The van der Waals surface area contributed by atoms with Gasteiger partial charge in [-0.15, -0.1) is 0 Å². The Labute approximate surface area is 240 Å². The van der Waals surface area contributed by atoms with Gasteiger partial charge in [0.1, 0.15) is 24.0 Å². The fourth-order valence-electron chi connectivity index (χ4n) is 3.89. The molecule has 1 fully saturated rings. The molecule has 2 aromatic heterocycles. The number of halogens is 2. The summed E-state index contributed by atoms with van der Waals surface area (Å²) in [7, 11) is -2.60. The molecular formula is C23H30Cl2N7O7P. The molecular weight excluding hydrogens is 588 g/mol. The lowest BCUT2D eigenvalue weighted by Gasteiger charge is -2.25. The molecule has 1 saturated heterocycles. The Balaban J connectivity index is 1.56. The molecule has 0 radical (unpaired) electrons. The number of aliphatic hydroxyl groups excluding tert-OH is 1. The highest BCUT2D eigenvalue weighted by Crippen LogP contribution is 2.50. The van der Waals surface area contributed by atoms with E-state index in [2.05, 4.69) is 25.4 Å². The lowest BCUT2D eigenvalue weighted by atomic mass is 10.2. The molecule has 0 spiro atoms. The number of anilines is 2. The average molecular weight is 618 g/mol. The van der Waals surface area contributed by atoms with Gasteiger partial charge in [0.15, 0.2) is 27.5 Å². The Morgan fingerprint density at radius 3 is 2.62 bits per heavy atom. The van der Waals surface area contributed by atoms with Gasteiger partial charge in [-0.25, -0.2) is 9.55 Å². The zero-order valence-corrected chi connectivity index (χ0v) is 24.4.